The van der Waals surface area contributed by atoms with Crippen LogP contribution in [0.1, 0.15) is 35.7 Å². The minimum Gasteiger partial charge on any atom is -0.348 e. The second kappa shape index (κ2) is 8.20. The van der Waals surface area contributed by atoms with E-state index in [1.165, 1.54) is 17.1 Å². The lowest BCUT2D eigenvalue weighted by Crippen LogP contribution is -2.36. The quantitative estimate of drug-likeness (QED) is 0.702. The van der Waals surface area contributed by atoms with Crippen LogP contribution in [0.15, 0.2) is 60.9 Å². The molecular weight excluding hydrogens is 371 g/mol. The van der Waals surface area contributed by atoms with Gasteiger partial charge in [-0.1, -0.05) is 42.5 Å². The van der Waals surface area contributed by atoms with Crippen LogP contribution in [0.4, 0.5) is 13.2 Å². The number of benzene rings is 2. The van der Waals surface area contributed by atoms with Crippen molar-refractivity contribution in [2.24, 2.45) is 0 Å². The van der Waals surface area contributed by atoms with Gasteiger partial charge in [-0.2, -0.15) is 13.2 Å². The summed E-state index contributed by atoms with van der Waals surface area (Å²) in [5.74, 6) is -0.388. The van der Waals surface area contributed by atoms with Crippen molar-refractivity contribution in [3.05, 3.63) is 77.6 Å². The summed E-state index contributed by atoms with van der Waals surface area (Å²) in [6.45, 7) is 1.63. The zero-order chi connectivity index (χ0) is 20.1. The Hall–Kier alpha value is -3.23. The maximum Gasteiger partial charge on any atom is 0.416 e. The zero-order valence-electron chi connectivity index (χ0n) is 15.0. The number of carbonyl (C=O) groups excluding carboxylic acids is 1. The largest absolute Gasteiger partial charge is 0.416 e. The summed E-state index contributed by atoms with van der Waals surface area (Å²) in [6.07, 6.45) is -2.77. The van der Waals surface area contributed by atoms with E-state index in [9.17, 15) is 18.0 Å². The third kappa shape index (κ3) is 4.73. The van der Waals surface area contributed by atoms with Crippen molar-refractivity contribution in [1.82, 2.24) is 25.5 Å². The molecule has 28 heavy (non-hydrogen) atoms. The Morgan fingerprint density at radius 1 is 1.14 bits per heavy atom. The SMILES string of the molecule is C[C@@H](NC(=O)[C@@H](Cc1ccccc1)n1cnnn1)c1cccc(C(F)(F)F)c1. The summed E-state index contributed by atoms with van der Waals surface area (Å²) in [4.78, 5) is 12.9. The number of hydrogen-bond donors (Lipinski definition) is 1. The number of amides is 1. The zero-order valence-corrected chi connectivity index (χ0v) is 15.0. The molecule has 3 rings (SSSR count). The number of carbonyl (C=O) groups is 1. The number of nitrogens with zero attached hydrogens (tertiary/aromatic N) is 4. The number of hydrogen-bond acceptors (Lipinski definition) is 4. The van der Waals surface area contributed by atoms with Crippen LogP contribution >= 0.6 is 0 Å². The van der Waals surface area contributed by atoms with Crippen molar-refractivity contribution in [3.63, 3.8) is 0 Å². The van der Waals surface area contributed by atoms with Gasteiger partial charge in [0.15, 0.2) is 0 Å². The van der Waals surface area contributed by atoms with Gasteiger partial charge in [0.2, 0.25) is 5.91 Å². The molecule has 6 nitrogen and oxygen atoms in total. The van der Waals surface area contributed by atoms with Crippen LogP contribution in [0, 0.1) is 0 Å². The van der Waals surface area contributed by atoms with E-state index in [2.05, 4.69) is 20.8 Å². The Morgan fingerprint density at radius 2 is 1.89 bits per heavy atom. The topological polar surface area (TPSA) is 72.7 Å². The first-order valence-corrected chi connectivity index (χ1v) is 8.58. The number of nitrogens with one attached hydrogen (secondary N) is 1. The highest BCUT2D eigenvalue weighted by molar-refractivity contribution is 5.81. The van der Waals surface area contributed by atoms with Crippen LogP contribution in [0.3, 0.4) is 0 Å². The highest BCUT2D eigenvalue weighted by Gasteiger charge is 2.31. The molecule has 1 N–H and O–H groups in total. The van der Waals surface area contributed by atoms with E-state index >= 15 is 0 Å². The molecule has 0 saturated heterocycles. The number of aromatic nitrogens is 4. The lowest BCUT2D eigenvalue weighted by atomic mass is 10.0. The fraction of sp³-hybridized carbons (Fsp3) is 0.263. The Kier molecular flexibility index (Phi) is 5.72. The van der Waals surface area contributed by atoms with Gasteiger partial charge in [0.05, 0.1) is 11.6 Å². The predicted octanol–water partition coefficient (Wildman–Crippen LogP) is 3.35. The van der Waals surface area contributed by atoms with Crippen LogP contribution in [0.2, 0.25) is 0 Å². The van der Waals surface area contributed by atoms with E-state index in [1.54, 1.807) is 13.0 Å². The van der Waals surface area contributed by atoms with Gasteiger partial charge in [-0.25, -0.2) is 4.68 Å². The normalized spacial score (nSPS) is 13.7. The Labute approximate surface area is 159 Å². The molecule has 1 aromatic heterocycles. The fourth-order valence-corrected chi connectivity index (χ4v) is 2.83. The maximum atomic E-state index is 12.9. The van der Waals surface area contributed by atoms with Crippen molar-refractivity contribution < 1.29 is 18.0 Å². The first kappa shape index (κ1) is 19.5. The van der Waals surface area contributed by atoms with Gasteiger partial charge in [-0.05, 0) is 40.6 Å². The van der Waals surface area contributed by atoms with Crippen molar-refractivity contribution in [3.8, 4) is 0 Å². The minimum absolute atomic E-state index is 0.340. The maximum absolute atomic E-state index is 12.9. The van der Waals surface area contributed by atoms with E-state index < -0.39 is 23.8 Å². The standard InChI is InChI=1S/C19H18F3N5O/c1-13(15-8-5-9-16(11-15)19(20,21)22)24-18(28)17(27-12-23-25-26-27)10-14-6-3-2-4-7-14/h2-9,11-13,17H,10H2,1H3,(H,24,28)/t13-,17-/m1/s1. The van der Waals surface area contributed by atoms with Crippen molar-refractivity contribution in [1.29, 1.82) is 0 Å². The molecule has 9 heteroatoms. The molecule has 0 fully saturated rings. The molecule has 1 amide bonds. The lowest BCUT2D eigenvalue weighted by Gasteiger charge is -2.21. The number of rotatable bonds is 6. The first-order chi connectivity index (χ1) is 13.3. The molecule has 1 heterocycles. The molecule has 0 radical (unpaired) electrons. The average molecular weight is 389 g/mol. The van der Waals surface area contributed by atoms with Crippen molar-refractivity contribution in [2.75, 3.05) is 0 Å². The molecule has 0 aliphatic heterocycles. The summed E-state index contributed by atoms with van der Waals surface area (Å²) >= 11 is 0. The second-order valence-electron chi connectivity index (χ2n) is 6.35. The molecule has 2 aromatic carbocycles. The molecule has 0 spiro atoms. The number of tetrazole rings is 1. The van der Waals surface area contributed by atoms with Gasteiger partial charge in [-0.3, -0.25) is 4.79 Å². The summed E-state index contributed by atoms with van der Waals surface area (Å²) in [5, 5.41) is 13.7. The molecule has 146 valence electrons. The average Bonchev–Trinajstić information content (AvgIpc) is 3.20. The summed E-state index contributed by atoms with van der Waals surface area (Å²) < 4.78 is 40.1. The molecule has 0 saturated carbocycles. The molecule has 0 aliphatic carbocycles. The van der Waals surface area contributed by atoms with Crippen LogP contribution in [0.5, 0.6) is 0 Å². The van der Waals surface area contributed by atoms with Crippen LogP contribution in [-0.4, -0.2) is 26.1 Å². The van der Waals surface area contributed by atoms with Crippen molar-refractivity contribution in [2.45, 2.75) is 31.6 Å². The molecule has 0 aliphatic rings. The van der Waals surface area contributed by atoms with Gasteiger partial charge >= 0.3 is 6.18 Å². The van der Waals surface area contributed by atoms with E-state index in [0.29, 0.717) is 12.0 Å². The summed E-state index contributed by atoms with van der Waals surface area (Å²) in [6, 6.07) is 12.9. The van der Waals surface area contributed by atoms with Crippen LogP contribution in [-0.2, 0) is 17.4 Å². The smallest absolute Gasteiger partial charge is 0.348 e. The highest BCUT2D eigenvalue weighted by atomic mass is 19.4. The number of alkyl halides is 3. The number of halogens is 3. The van der Waals surface area contributed by atoms with Crippen LogP contribution in [0.25, 0.3) is 0 Å². The Balaban J connectivity index is 1.78. The van der Waals surface area contributed by atoms with Gasteiger partial charge in [0.25, 0.3) is 0 Å². The third-order valence-corrected chi connectivity index (χ3v) is 4.33. The first-order valence-electron chi connectivity index (χ1n) is 8.58. The fourth-order valence-electron chi connectivity index (χ4n) is 2.83. The van der Waals surface area contributed by atoms with E-state index in [0.717, 1.165) is 17.7 Å². The van der Waals surface area contributed by atoms with Gasteiger partial charge in [0, 0.05) is 6.42 Å². The van der Waals surface area contributed by atoms with Crippen molar-refractivity contribution >= 4 is 5.91 Å². The monoisotopic (exact) mass is 389 g/mol. The Morgan fingerprint density at radius 3 is 2.54 bits per heavy atom. The molecule has 0 unspecified atom stereocenters. The van der Waals surface area contributed by atoms with Gasteiger partial charge in [-0.15, -0.1) is 5.10 Å². The third-order valence-electron chi connectivity index (χ3n) is 4.33. The molecule has 3 aromatic rings. The molecular formula is C19H18F3N5O. The van der Waals surface area contributed by atoms with Gasteiger partial charge < -0.3 is 5.32 Å². The lowest BCUT2D eigenvalue weighted by molar-refractivity contribution is -0.137. The minimum atomic E-state index is -4.44. The van der Waals surface area contributed by atoms with Crippen LogP contribution < -0.4 is 5.32 Å². The molecule has 2 atom stereocenters. The summed E-state index contributed by atoms with van der Waals surface area (Å²) in [5.41, 5.74) is 0.510. The second-order valence-corrected chi connectivity index (χ2v) is 6.35. The predicted molar refractivity (Wildman–Crippen MR) is 95.0 cm³/mol. The van der Waals surface area contributed by atoms with E-state index in [-0.39, 0.29) is 5.91 Å². The Bertz CT molecular complexity index is 913. The van der Waals surface area contributed by atoms with E-state index in [4.69, 9.17) is 0 Å². The van der Waals surface area contributed by atoms with Gasteiger partial charge in [0.1, 0.15) is 12.4 Å². The molecule has 0 bridgehead atoms. The summed E-state index contributed by atoms with van der Waals surface area (Å²) in [7, 11) is 0. The van der Waals surface area contributed by atoms with E-state index in [1.807, 2.05) is 30.3 Å². The highest BCUT2D eigenvalue weighted by Crippen LogP contribution is 2.30.